The Hall–Kier alpha value is -2.82. The quantitative estimate of drug-likeness (QED) is 0.741. The van der Waals surface area contributed by atoms with Crippen LogP contribution in [-0.2, 0) is 4.79 Å². The molecule has 1 aromatic heterocycles. The molecule has 0 unspecified atom stereocenters. The zero-order chi connectivity index (χ0) is 15.1. The monoisotopic (exact) mass is 282 g/mol. The van der Waals surface area contributed by atoms with E-state index in [4.69, 9.17) is 5.11 Å². The third kappa shape index (κ3) is 2.23. The maximum absolute atomic E-state index is 12.1. The number of H-pyrrole nitrogens is 1. The number of aromatic nitrogens is 1. The van der Waals surface area contributed by atoms with Crippen molar-refractivity contribution in [2.45, 2.75) is 13.8 Å². The van der Waals surface area contributed by atoms with Gasteiger partial charge in [0, 0.05) is 22.6 Å². The molecule has 3 rings (SSSR count). The molecule has 0 spiro atoms. The van der Waals surface area contributed by atoms with Crippen molar-refractivity contribution in [2.24, 2.45) is 0 Å². The highest BCUT2D eigenvalue weighted by Crippen LogP contribution is 2.34. The Morgan fingerprint density at radius 1 is 1.24 bits per heavy atom. The number of amides is 1. The van der Waals surface area contributed by atoms with E-state index in [0.29, 0.717) is 16.8 Å². The lowest BCUT2D eigenvalue weighted by Gasteiger charge is -2.01. The average Bonchev–Trinajstić information content (AvgIpc) is 2.90. The van der Waals surface area contributed by atoms with Gasteiger partial charge in [0.05, 0.1) is 11.1 Å². The number of anilines is 1. The fourth-order valence-corrected chi connectivity index (χ4v) is 2.51. The van der Waals surface area contributed by atoms with Gasteiger partial charge in [-0.15, -0.1) is 0 Å². The van der Waals surface area contributed by atoms with E-state index < -0.39 is 5.97 Å². The topological polar surface area (TPSA) is 82.2 Å². The molecular formula is C16H14N2O3. The molecule has 1 aliphatic heterocycles. The molecule has 0 bridgehead atoms. The predicted molar refractivity (Wildman–Crippen MR) is 80.2 cm³/mol. The lowest BCUT2D eigenvalue weighted by atomic mass is 10.0. The minimum absolute atomic E-state index is 0.163. The van der Waals surface area contributed by atoms with Crippen molar-refractivity contribution in [3.05, 3.63) is 52.3 Å². The number of carbonyl (C=O) groups excluding carboxylic acids is 1. The van der Waals surface area contributed by atoms with Crippen molar-refractivity contribution in [3.63, 3.8) is 0 Å². The molecule has 5 heteroatoms. The van der Waals surface area contributed by atoms with Crippen LogP contribution in [0.25, 0.3) is 11.6 Å². The molecule has 2 heterocycles. The van der Waals surface area contributed by atoms with Crippen LogP contribution in [0.15, 0.2) is 24.3 Å². The molecule has 21 heavy (non-hydrogen) atoms. The Balaban J connectivity index is 2.13. The summed E-state index contributed by atoms with van der Waals surface area (Å²) in [6.07, 6.45) is 1.76. The van der Waals surface area contributed by atoms with Gasteiger partial charge in [0.25, 0.3) is 5.91 Å². The average molecular weight is 282 g/mol. The summed E-state index contributed by atoms with van der Waals surface area (Å²) < 4.78 is 0. The number of carbonyl (C=O) groups is 2. The molecule has 3 N–H and O–H groups in total. The van der Waals surface area contributed by atoms with Crippen LogP contribution in [0.3, 0.4) is 0 Å². The third-order valence-corrected chi connectivity index (χ3v) is 3.53. The number of carboxylic acids is 1. The summed E-state index contributed by atoms with van der Waals surface area (Å²) in [4.78, 5) is 26.4. The summed E-state index contributed by atoms with van der Waals surface area (Å²) >= 11 is 0. The number of hydrogen-bond donors (Lipinski definition) is 3. The van der Waals surface area contributed by atoms with Gasteiger partial charge in [-0.05, 0) is 49.8 Å². The third-order valence-electron chi connectivity index (χ3n) is 3.53. The number of benzene rings is 1. The van der Waals surface area contributed by atoms with Gasteiger partial charge in [0.1, 0.15) is 0 Å². The number of carboxylic acid groups (broad SMARTS) is 1. The minimum atomic E-state index is -1.01. The standard InChI is InChI=1S/C16H14N2O3/c1-8-5-9(2)17-14(8)7-12-11-6-10(16(20)21)3-4-13(11)18-15(12)19/h3-7,17H,1-2H3,(H,18,19)(H,20,21)/b12-7-. The lowest BCUT2D eigenvalue weighted by Crippen LogP contribution is -2.03. The second kappa shape index (κ2) is 4.63. The van der Waals surface area contributed by atoms with E-state index in [1.807, 2.05) is 19.9 Å². The van der Waals surface area contributed by atoms with Crippen molar-refractivity contribution in [3.8, 4) is 0 Å². The Bertz CT molecular complexity index is 800. The number of hydrogen-bond acceptors (Lipinski definition) is 2. The summed E-state index contributed by atoms with van der Waals surface area (Å²) in [6, 6.07) is 6.61. The maximum atomic E-state index is 12.1. The van der Waals surface area contributed by atoms with Crippen LogP contribution in [0.2, 0.25) is 0 Å². The zero-order valence-electron chi connectivity index (χ0n) is 11.7. The van der Waals surface area contributed by atoms with Crippen LogP contribution in [0.5, 0.6) is 0 Å². The maximum Gasteiger partial charge on any atom is 0.335 e. The van der Waals surface area contributed by atoms with Gasteiger partial charge in [0.2, 0.25) is 0 Å². The first-order valence-electron chi connectivity index (χ1n) is 6.52. The molecule has 0 fully saturated rings. The molecule has 0 saturated heterocycles. The fraction of sp³-hybridized carbons (Fsp3) is 0.125. The first kappa shape index (κ1) is 13.2. The summed E-state index contributed by atoms with van der Waals surface area (Å²) in [5.74, 6) is -1.23. The molecule has 1 aromatic carbocycles. The number of aryl methyl sites for hydroxylation is 2. The van der Waals surface area contributed by atoms with Gasteiger partial charge >= 0.3 is 5.97 Å². The van der Waals surface area contributed by atoms with Crippen LogP contribution < -0.4 is 5.32 Å². The summed E-state index contributed by atoms with van der Waals surface area (Å²) in [6.45, 7) is 3.90. The molecule has 0 radical (unpaired) electrons. The van der Waals surface area contributed by atoms with E-state index in [0.717, 1.165) is 17.0 Å². The number of aromatic amines is 1. The lowest BCUT2D eigenvalue weighted by molar-refractivity contribution is -0.110. The van der Waals surface area contributed by atoms with E-state index >= 15 is 0 Å². The predicted octanol–water partition coefficient (Wildman–Crippen LogP) is 2.82. The highest BCUT2D eigenvalue weighted by molar-refractivity contribution is 6.35. The largest absolute Gasteiger partial charge is 0.478 e. The molecule has 1 amide bonds. The van der Waals surface area contributed by atoms with E-state index in [1.165, 1.54) is 12.1 Å². The van der Waals surface area contributed by atoms with E-state index in [1.54, 1.807) is 12.1 Å². The Kier molecular flexibility index (Phi) is 2.90. The van der Waals surface area contributed by atoms with E-state index in [-0.39, 0.29) is 11.5 Å². The first-order valence-corrected chi connectivity index (χ1v) is 6.52. The Morgan fingerprint density at radius 3 is 2.62 bits per heavy atom. The summed E-state index contributed by atoms with van der Waals surface area (Å²) in [5.41, 5.74) is 4.79. The summed E-state index contributed by atoms with van der Waals surface area (Å²) in [7, 11) is 0. The first-order chi connectivity index (χ1) is 9.95. The van der Waals surface area contributed by atoms with Gasteiger partial charge in [-0.25, -0.2) is 4.79 Å². The molecule has 2 aromatic rings. The zero-order valence-corrected chi connectivity index (χ0v) is 11.7. The SMILES string of the molecule is Cc1cc(C)c(/C=C2\C(=O)Nc3ccc(C(=O)O)cc32)[nH]1. The van der Waals surface area contributed by atoms with Crippen LogP contribution in [0.4, 0.5) is 5.69 Å². The number of rotatable bonds is 2. The molecule has 0 aliphatic carbocycles. The molecule has 0 saturated carbocycles. The fourth-order valence-electron chi connectivity index (χ4n) is 2.51. The number of aromatic carboxylic acids is 1. The van der Waals surface area contributed by atoms with E-state index in [2.05, 4.69) is 10.3 Å². The second-order valence-corrected chi connectivity index (χ2v) is 5.13. The van der Waals surface area contributed by atoms with Crippen molar-refractivity contribution in [1.29, 1.82) is 0 Å². The van der Waals surface area contributed by atoms with Crippen LogP contribution >= 0.6 is 0 Å². The molecule has 1 aliphatic rings. The van der Waals surface area contributed by atoms with Crippen LogP contribution in [0, 0.1) is 13.8 Å². The highest BCUT2D eigenvalue weighted by atomic mass is 16.4. The molecule has 0 atom stereocenters. The molecular weight excluding hydrogens is 268 g/mol. The smallest absolute Gasteiger partial charge is 0.335 e. The normalized spacial score (nSPS) is 15.1. The molecule has 106 valence electrons. The van der Waals surface area contributed by atoms with Gasteiger partial charge in [0.15, 0.2) is 0 Å². The van der Waals surface area contributed by atoms with Gasteiger partial charge in [-0.2, -0.15) is 0 Å². The van der Waals surface area contributed by atoms with Gasteiger partial charge in [-0.3, -0.25) is 4.79 Å². The number of fused-ring (bicyclic) bond motifs is 1. The van der Waals surface area contributed by atoms with Crippen molar-refractivity contribution in [2.75, 3.05) is 5.32 Å². The molecule has 5 nitrogen and oxygen atoms in total. The number of nitrogens with one attached hydrogen (secondary N) is 2. The van der Waals surface area contributed by atoms with Crippen molar-refractivity contribution >= 4 is 29.2 Å². The minimum Gasteiger partial charge on any atom is -0.478 e. The van der Waals surface area contributed by atoms with Gasteiger partial charge in [-0.1, -0.05) is 0 Å². The summed E-state index contributed by atoms with van der Waals surface area (Å²) in [5, 5.41) is 11.8. The van der Waals surface area contributed by atoms with Crippen LogP contribution in [0.1, 0.15) is 32.9 Å². The second-order valence-electron chi connectivity index (χ2n) is 5.13. The Labute approximate surface area is 121 Å². The van der Waals surface area contributed by atoms with E-state index in [9.17, 15) is 9.59 Å². The van der Waals surface area contributed by atoms with Crippen molar-refractivity contribution in [1.82, 2.24) is 4.98 Å². The highest BCUT2D eigenvalue weighted by Gasteiger charge is 2.25. The van der Waals surface area contributed by atoms with Crippen LogP contribution in [-0.4, -0.2) is 22.0 Å². The van der Waals surface area contributed by atoms with Gasteiger partial charge < -0.3 is 15.4 Å². The Morgan fingerprint density at radius 2 is 2.00 bits per heavy atom. The van der Waals surface area contributed by atoms with Crippen molar-refractivity contribution < 1.29 is 14.7 Å².